The molecule has 0 saturated carbocycles. The fourth-order valence-electron chi connectivity index (χ4n) is 2.02. The molecule has 0 fully saturated rings. The van der Waals surface area contributed by atoms with Crippen LogP contribution in [0.1, 0.15) is 12.6 Å². The first-order valence-corrected chi connectivity index (χ1v) is 9.57. The van der Waals surface area contributed by atoms with Crippen LogP contribution in [0.5, 0.6) is 0 Å². The topological polar surface area (TPSA) is 211 Å². The molecule has 4 rings (SSSR count). The Hall–Kier alpha value is -3.23. The number of hydrazine groups is 1. The van der Waals surface area contributed by atoms with Gasteiger partial charge in [-0.25, -0.2) is 26.9 Å². The van der Waals surface area contributed by atoms with Gasteiger partial charge in [0.1, 0.15) is 0 Å². The van der Waals surface area contributed by atoms with E-state index in [1.54, 1.807) is 30.3 Å². The Balaban J connectivity index is 0. The summed E-state index contributed by atoms with van der Waals surface area (Å²) in [5.41, 5.74) is 15.5. The molecule has 2 aromatic heterocycles. The van der Waals surface area contributed by atoms with E-state index in [9.17, 15) is 0 Å². The van der Waals surface area contributed by atoms with E-state index in [1.807, 2.05) is 6.07 Å². The SMILES string of the molecule is CO.N#Cc1ccc2nc(Cl)sc2c1.N#Cc1ccc2nc(NN)sc2c1.N=N.O.[HH]. The molecule has 158 valence electrons. The van der Waals surface area contributed by atoms with Crippen LogP contribution in [-0.2, 0) is 0 Å². The number of rotatable bonds is 1. The first-order chi connectivity index (χ1) is 14.1. The van der Waals surface area contributed by atoms with Gasteiger partial charge in [-0.2, -0.15) is 10.5 Å². The highest BCUT2D eigenvalue weighted by molar-refractivity contribution is 7.22. The van der Waals surface area contributed by atoms with Gasteiger partial charge < -0.3 is 10.6 Å². The van der Waals surface area contributed by atoms with Crippen molar-refractivity contribution in [2.24, 2.45) is 5.84 Å². The van der Waals surface area contributed by atoms with E-state index in [0.717, 1.165) is 27.5 Å². The number of nitrogens with zero attached hydrogens (tertiary/aromatic N) is 4. The van der Waals surface area contributed by atoms with Crippen molar-refractivity contribution in [3.63, 3.8) is 0 Å². The summed E-state index contributed by atoms with van der Waals surface area (Å²) in [6.07, 6.45) is 0. The molecule has 30 heavy (non-hydrogen) atoms. The first-order valence-electron chi connectivity index (χ1n) is 7.56. The summed E-state index contributed by atoms with van der Waals surface area (Å²) in [5.74, 6) is 5.22. The van der Waals surface area contributed by atoms with Gasteiger partial charge in [0.05, 0.1) is 43.7 Å². The number of hydrogen-bond acceptors (Lipinski definition) is 11. The van der Waals surface area contributed by atoms with Crippen LogP contribution < -0.4 is 11.3 Å². The molecule has 10 nitrogen and oxygen atoms in total. The number of aliphatic hydroxyl groups excluding tert-OH is 1. The molecule has 8 N–H and O–H groups in total. The van der Waals surface area contributed by atoms with Crippen molar-refractivity contribution < 1.29 is 12.0 Å². The minimum absolute atomic E-state index is 0. The molecule has 0 bridgehead atoms. The third kappa shape index (κ3) is 6.98. The molecule has 13 heteroatoms. The van der Waals surface area contributed by atoms with Crippen molar-refractivity contribution in [1.29, 1.82) is 21.6 Å². The van der Waals surface area contributed by atoms with Crippen LogP contribution in [0, 0.1) is 33.7 Å². The number of benzene rings is 2. The lowest BCUT2D eigenvalue weighted by Gasteiger charge is -1.86. The highest BCUT2D eigenvalue weighted by atomic mass is 35.5. The molecule has 4 aromatic rings. The summed E-state index contributed by atoms with van der Waals surface area (Å²) < 4.78 is 2.44. The standard InChI is InChI=1S/C8H3ClN2S.C8H6N4S.CH4O.H2N2.H2O.H2/c9-8-11-6-2-1-5(4-10)3-7(6)12-8;9-4-5-1-2-6-7(3-5)13-8(11-6)12-10;2*1-2;;/h1-3H;1-3H,10H2,(H,11,12);2H,1H3;1-2H;1H2;1H. The number of halogens is 1. The van der Waals surface area contributed by atoms with Crippen molar-refractivity contribution in [2.75, 3.05) is 12.5 Å². The smallest absolute Gasteiger partial charge is 0.198 e. The molecule has 0 aliphatic heterocycles. The van der Waals surface area contributed by atoms with E-state index in [4.69, 9.17) is 44.1 Å². The minimum Gasteiger partial charge on any atom is -0.412 e. The van der Waals surface area contributed by atoms with Gasteiger partial charge in [-0.3, -0.25) is 5.43 Å². The molecule has 0 unspecified atom stereocenters. The summed E-state index contributed by atoms with van der Waals surface area (Å²) in [5, 5.41) is 24.9. The molecule has 2 aromatic carbocycles. The van der Waals surface area contributed by atoms with E-state index in [-0.39, 0.29) is 6.90 Å². The van der Waals surface area contributed by atoms with E-state index in [2.05, 4.69) is 27.5 Å². The number of fused-ring (bicyclic) bond motifs is 2. The van der Waals surface area contributed by atoms with E-state index >= 15 is 0 Å². The van der Waals surface area contributed by atoms with Crippen LogP contribution in [-0.4, -0.2) is 27.7 Å². The van der Waals surface area contributed by atoms with Crippen molar-refractivity contribution >= 4 is 59.8 Å². The average molecular weight is 467 g/mol. The number of aliphatic hydroxyl groups is 1. The molecule has 0 spiro atoms. The number of nitrogen functional groups attached to an aromatic ring is 1. The third-order valence-corrected chi connectivity index (χ3v) is 5.20. The van der Waals surface area contributed by atoms with Gasteiger partial charge in [-0.05, 0) is 36.4 Å². The van der Waals surface area contributed by atoms with Gasteiger partial charge >= 0.3 is 0 Å². The Kier molecular flexibility index (Phi) is 12.4. The monoisotopic (exact) mass is 466 g/mol. The maximum absolute atomic E-state index is 8.65. The fourth-order valence-corrected chi connectivity index (χ4v) is 3.91. The number of nitriles is 2. The summed E-state index contributed by atoms with van der Waals surface area (Å²) in [6.45, 7) is 0. The second-order valence-electron chi connectivity index (χ2n) is 4.72. The van der Waals surface area contributed by atoms with Gasteiger partial charge in [0.2, 0.25) is 0 Å². The van der Waals surface area contributed by atoms with E-state index < -0.39 is 0 Å². The Morgan fingerprint density at radius 3 is 1.93 bits per heavy atom. The summed E-state index contributed by atoms with van der Waals surface area (Å²) >= 11 is 8.52. The van der Waals surface area contributed by atoms with Crippen molar-refractivity contribution in [3.05, 3.63) is 52.0 Å². The molecule has 2 heterocycles. The van der Waals surface area contributed by atoms with Crippen molar-refractivity contribution in [1.82, 2.24) is 9.97 Å². The quantitative estimate of drug-likeness (QED) is 0.158. The zero-order chi connectivity index (χ0) is 21.8. The lowest BCUT2D eigenvalue weighted by Crippen LogP contribution is -2.05. The Morgan fingerprint density at radius 1 is 1.00 bits per heavy atom. The number of anilines is 1. The molecule has 0 aliphatic rings. The molecular weight excluding hydrogens is 448 g/mol. The predicted octanol–water partition coefficient (Wildman–Crippen LogP) is 3.90. The fraction of sp³-hybridized carbons (Fsp3) is 0.0588. The van der Waals surface area contributed by atoms with Gasteiger partial charge in [-0.15, -0.1) is 11.3 Å². The number of aromatic nitrogens is 2. The van der Waals surface area contributed by atoms with Crippen LogP contribution in [0.2, 0.25) is 4.47 Å². The van der Waals surface area contributed by atoms with E-state index in [0.29, 0.717) is 20.7 Å². The summed E-state index contributed by atoms with van der Waals surface area (Å²) in [4.78, 5) is 8.24. The van der Waals surface area contributed by atoms with Crippen LogP contribution in [0.3, 0.4) is 0 Å². The summed E-state index contributed by atoms with van der Waals surface area (Å²) in [7, 11) is 1.00. The minimum atomic E-state index is 0. The molecule has 0 amide bonds. The number of nitrogens with one attached hydrogen (secondary N) is 3. The van der Waals surface area contributed by atoms with Crippen LogP contribution >= 0.6 is 34.3 Å². The second kappa shape index (κ2) is 13.9. The lowest BCUT2D eigenvalue weighted by atomic mass is 10.2. The molecule has 0 radical (unpaired) electrons. The normalized spacial score (nSPS) is 8.60. The maximum atomic E-state index is 8.65. The number of hydrogen-bond donors (Lipinski definition) is 5. The summed E-state index contributed by atoms with van der Waals surface area (Å²) in [6, 6.07) is 14.8. The maximum Gasteiger partial charge on any atom is 0.198 e. The van der Waals surface area contributed by atoms with Crippen molar-refractivity contribution in [2.45, 2.75) is 0 Å². The van der Waals surface area contributed by atoms with Crippen molar-refractivity contribution in [3.8, 4) is 12.1 Å². The first kappa shape index (κ1) is 26.8. The number of nitrogens with two attached hydrogens (primary N) is 1. The molecular formula is C17H19ClN8O2S2. The molecule has 0 saturated heterocycles. The Bertz CT molecular complexity index is 1170. The van der Waals surface area contributed by atoms with Crippen LogP contribution in [0.15, 0.2) is 36.4 Å². The zero-order valence-electron chi connectivity index (χ0n) is 15.5. The Labute approximate surface area is 185 Å². The molecule has 0 aliphatic carbocycles. The van der Waals surface area contributed by atoms with E-state index in [1.165, 1.54) is 22.7 Å². The van der Waals surface area contributed by atoms with Gasteiger partial charge in [0.15, 0.2) is 9.60 Å². The average Bonchev–Trinajstić information content (AvgIpc) is 3.37. The predicted molar refractivity (Wildman–Crippen MR) is 121 cm³/mol. The third-order valence-electron chi connectivity index (χ3n) is 3.13. The van der Waals surface area contributed by atoms with Crippen LogP contribution in [0.25, 0.3) is 20.4 Å². The van der Waals surface area contributed by atoms with Gasteiger partial charge in [-0.1, -0.05) is 22.9 Å². The zero-order valence-corrected chi connectivity index (χ0v) is 17.9. The second-order valence-corrected chi connectivity index (χ2v) is 7.36. The highest BCUT2D eigenvalue weighted by Crippen LogP contribution is 2.26. The van der Waals surface area contributed by atoms with Gasteiger partial charge in [0.25, 0.3) is 0 Å². The lowest BCUT2D eigenvalue weighted by molar-refractivity contribution is 0.399. The largest absolute Gasteiger partial charge is 0.412 e. The number of thiazole rings is 2. The highest BCUT2D eigenvalue weighted by Gasteiger charge is 2.03. The molecule has 0 atom stereocenters. The Morgan fingerprint density at radius 2 is 1.47 bits per heavy atom. The van der Waals surface area contributed by atoms with Crippen LogP contribution in [0.4, 0.5) is 5.13 Å². The van der Waals surface area contributed by atoms with Gasteiger partial charge in [0, 0.05) is 8.54 Å².